The molecular weight excluding hydrogens is 394 g/mol. The number of amides is 2. The molecule has 170 valence electrons. The summed E-state index contributed by atoms with van der Waals surface area (Å²) >= 11 is 0. The zero-order chi connectivity index (χ0) is 22.0. The number of carbonyl (C=O) groups is 2. The molecule has 3 fully saturated rings. The Balaban J connectivity index is 1.19. The highest BCUT2D eigenvalue weighted by Crippen LogP contribution is 2.40. The van der Waals surface area contributed by atoms with Crippen LogP contribution in [0.1, 0.15) is 39.2 Å². The Hall–Kier alpha value is -2.28. The monoisotopic (exact) mass is 429 g/mol. The number of rotatable bonds is 3. The highest BCUT2D eigenvalue weighted by Gasteiger charge is 2.45. The highest BCUT2D eigenvalue weighted by molar-refractivity contribution is 5.68. The van der Waals surface area contributed by atoms with Gasteiger partial charge in [-0.25, -0.2) is 9.59 Å². The molecule has 7 heteroatoms. The van der Waals surface area contributed by atoms with Crippen LogP contribution in [0.5, 0.6) is 0 Å². The van der Waals surface area contributed by atoms with Crippen LogP contribution in [-0.4, -0.2) is 77.8 Å². The lowest BCUT2D eigenvalue weighted by Gasteiger charge is -2.38. The fraction of sp³-hybridized carbons (Fsp3) is 0.667. The van der Waals surface area contributed by atoms with E-state index >= 15 is 0 Å². The van der Waals surface area contributed by atoms with Gasteiger partial charge >= 0.3 is 12.2 Å². The number of hydrogen-bond acceptors (Lipinski definition) is 5. The van der Waals surface area contributed by atoms with Crippen molar-refractivity contribution in [3.05, 3.63) is 35.9 Å². The van der Waals surface area contributed by atoms with Gasteiger partial charge in [-0.05, 0) is 51.0 Å². The van der Waals surface area contributed by atoms with Gasteiger partial charge in [0, 0.05) is 45.3 Å². The van der Waals surface area contributed by atoms with E-state index in [2.05, 4.69) is 4.90 Å². The van der Waals surface area contributed by atoms with E-state index in [1.807, 2.05) is 60.9 Å². The van der Waals surface area contributed by atoms with Crippen LogP contribution >= 0.6 is 0 Å². The van der Waals surface area contributed by atoms with Crippen molar-refractivity contribution in [3.63, 3.8) is 0 Å². The summed E-state index contributed by atoms with van der Waals surface area (Å²) in [7, 11) is 0. The van der Waals surface area contributed by atoms with Gasteiger partial charge in [-0.3, -0.25) is 4.90 Å². The fourth-order valence-corrected chi connectivity index (χ4v) is 5.12. The number of fused-ring (bicyclic) bond motifs is 1. The van der Waals surface area contributed by atoms with Crippen LogP contribution in [0.2, 0.25) is 0 Å². The van der Waals surface area contributed by atoms with Crippen LogP contribution in [0.4, 0.5) is 9.59 Å². The van der Waals surface area contributed by atoms with Crippen LogP contribution in [0.3, 0.4) is 0 Å². The summed E-state index contributed by atoms with van der Waals surface area (Å²) in [5.41, 5.74) is 0.562. The third-order valence-corrected chi connectivity index (χ3v) is 6.67. The molecule has 7 nitrogen and oxygen atoms in total. The molecule has 1 saturated carbocycles. The zero-order valence-electron chi connectivity index (χ0n) is 19.0. The predicted octanol–water partition coefficient (Wildman–Crippen LogP) is 3.59. The van der Waals surface area contributed by atoms with Gasteiger partial charge in [0.05, 0.1) is 0 Å². The first kappa shape index (κ1) is 21.9. The van der Waals surface area contributed by atoms with Crippen molar-refractivity contribution in [2.24, 2.45) is 11.8 Å². The van der Waals surface area contributed by atoms with E-state index in [1.165, 1.54) is 0 Å². The molecular formula is C24H35N3O4. The number of nitrogens with zero attached hydrogens (tertiary/aromatic N) is 3. The van der Waals surface area contributed by atoms with Crippen molar-refractivity contribution in [2.45, 2.75) is 51.9 Å². The minimum Gasteiger partial charge on any atom is -0.445 e. The molecule has 4 rings (SSSR count). The molecule has 0 radical (unpaired) electrons. The van der Waals surface area contributed by atoms with Crippen LogP contribution in [0.15, 0.2) is 30.3 Å². The SMILES string of the molecule is CC(C)(C)OC(=O)N1CC2CC(N3CCN(C(=O)OCc4ccccc4)CC3)CC2C1. The van der Waals surface area contributed by atoms with Crippen molar-refractivity contribution in [1.82, 2.24) is 14.7 Å². The molecule has 31 heavy (non-hydrogen) atoms. The quantitative estimate of drug-likeness (QED) is 0.735. The van der Waals surface area contributed by atoms with Gasteiger partial charge in [-0.15, -0.1) is 0 Å². The van der Waals surface area contributed by atoms with Gasteiger partial charge in [-0.1, -0.05) is 30.3 Å². The van der Waals surface area contributed by atoms with E-state index < -0.39 is 5.60 Å². The van der Waals surface area contributed by atoms with Gasteiger partial charge in [0.1, 0.15) is 12.2 Å². The number of hydrogen-bond donors (Lipinski definition) is 0. The largest absolute Gasteiger partial charge is 0.445 e. The first-order valence-corrected chi connectivity index (χ1v) is 11.5. The molecule has 2 unspecified atom stereocenters. The van der Waals surface area contributed by atoms with Crippen LogP contribution in [0.25, 0.3) is 0 Å². The summed E-state index contributed by atoms with van der Waals surface area (Å²) in [5.74, 6) is 1.12. The first-order chi connectivity index (χ1) is 14.8. The topological polar surface area (TPSA) is 62.3 Å². The minimum absolute atomic E-state index is 0.180. The second-order valence-corrected chi connectivity index (χ2v) is 10.1. The summed E-state index contributed by atoms with van der Waals surface area (Å²) in [6, 6.07) is 10.3. The Morgan fingerprint density at radius 1 is 0.903 bits per heavy atom. The summed E-state index contributed by atoms with van der Waals surface area (Å²) < 4.78 is 11.0. The van der Waals surface area contributed by atoms with Crippen molar-refractivity contribution in [3.8, 4) is 0 Å². The average Bonchev–Trinajstić information content (AvgIpc) is 3.31. The summed E-state index contributed by atoms with van der Waals surface area (Å²) in [6.45, 7) is 10.9. The third-order valence-electron chi connectivity index (χ3n) is 6.67. The molecule has 2 aliphatic heterocycles. The number of piperazine rings is 1. The van der Waals surface area contributed by atoms with Crippen molar-refractivity contribution in [1.29, 1.82) is 0 Å². The molecule has 0 aromatic heterocycles. The van der Waals surface area contributed by atoms with E-state index in [1.54, 1.807) is 0 Å². The smallest absolute Gasteiger partial charge is 0.410 e. The van der Waals surface area contributed by atoms with Gasteiger partial charge in [0.25, 0.3) is 0 Å². The van der Waals surface area contributed by atoms with Gasteiger partial charge in [0.15, 0.2) is 0 Å². The molecule has 1 aromatic carbocycles. The lowest BCUT2D eigenvalue weighted by molar-refractivity contribution is 0.0268. The number of benzene rings is 1. The van der Waals surface area contributed by atoms with Crippen LogP contribution < -0.4 is 0 Å². The van der Waals surface area contributed by atoms with Crippen LogP contribution in [0, 0.1) is 11.8 Å². The highest BCUT2D eigenvalue weighted by atomic mass is 16.6. The van der Waals surface area contributed by atoms with E-state index in [0.717, 1.165) is 44.6 Å². The summed E-state index contributed by atoms with van der Waals surface area (Å²) in [6.07, 6.45) is 1.85. The number of likely N-dealkylation sites (tertiary alicyclic amines) is 1. The maximum atomic E-state index is 12.4. The molecule has 3 aliphatic rings. The second-order valence-electron chi connectivity index (χ2n) is 10.1. The van der Waals surface area contributed by atoms with E-state index in [0.29, 0.717) is 37.6 Å². The van der Waals surface area contributed by atoms with E-state index in [9.17, 15) is 9.59 Å². The molecule has 0 bridgehead atoms. The number of carbonyl (C=O) groups excluding carboxylic acids is 2. The Kier molecular flexibility index (Phi) is 6.42. The molecule has 0 spiro atoms. The van der Waals surface area contributed by atoms with E-state index in [4.69, 9.17) is 9.47 Å². The molecule has 2 heterocycles. The standard InChI is InChI=1S/C24H35N3O4/c1-24(2,3)31-23(29)27-15-19-13-21(14-20(19)16-27)25-9-11-26(12-10-25)22(28)30-17-18-7-5-4-6-8-18/h4-8,19-21H,9-17H2,1-3H3. The van der Waals surface area contributed by atoms with Crippen molar-refractivity contribution < 1.29 is 19.1 Å². The first-order valence-electron chi connectivity index (χ1n) is 11.5. The Bertz CT molecular complexity index is 757. The average molecular weight is 430 g/mol. The Morgan fingerprint density at radius 2 is 1.52 bits per heavy atom. The molecule has 2 saturated heterocycles. The van der Waals surface area contributed by atoms with Crippen molar-refractivity contribution >= 4 is 12.2 Å². The zero-order valence-corrected chi connectivity index (χ0v) is 19.0. The van der Waals surface area contributed by atoms with Gasteiger partial charge in [0.2, 0.25) is 0 Å². The number of ether oxygens (including phenoxy) is 2. The van der Waals surface area contributed by atoms with Gasteiger partial charge in [-0.2, -0.15) is 0 Å². The predicted molar refractivity (Wildman–Crippen MR) is 118 cm³/mol. The second kappa shape index (κ2) is 9.07. The molecule has 2 atom stereocenters. The molecule has 1 aliphatic carbocycles. The molecule has 0 N–H and O–H groups in total. The Labute approximate surface area is 185 Å². The third kappa shape index (κ3) is 5.50. The van der Waals surface area contributed by atoms with Gasteiger partial charge < -0.3 is 19.3 Å². The van der Waals surface area contributed by atoms with Crippen LogP contribution in [-0.2, 0) is 16.1 Å². The maximum absolute atomic E-state index is 12.4. The normalized spacial score (nSPS) is 26.6. The Morgan fingerprint density at radius 3 is 2.10 bits per heavy atom. The molecule has 1 aromatic rings. The lowest BCUT2D eigenvalue weighted by Crippen LogP contribution is -2.51. The summed E-state index contributed by atoms with van der Waals surface area (Å²) in [4.78, 5) is 31.0. The summed E-state index contributed by atoms with van der Waals surface area (Å²) in [5, 5.41) is 0. The minimum atomic E-state index is -0.445. The molecule has 2 amide bonds. The maximum Gasteiger partial charge on any atom is 0.410 e. The van der Waals surface area contributed by atoms with Crippen molar-refractivity contribution in [2.75, 3.05) is 39.3 Å². The van der Waals surface area contributed by atoms with E-state index in [-0.39, 0.29) is 12.2 Å². The fourth-order valence-electron chi connectivity index (χ4n) is 5.12. The lowest BCUT2D eigenvalue weighted by atomic mass is 10.0.